The molecule has 0 bridgehead atoms. The van der Waals surface area contributed by atoms with Crippen LogP contribution in [0.4, 0.5) is 0 Å². The molecular formula is C60H97N11O14. The molecule has 0 aromatic heterocycles. The average molecular weight is 1200 g/mol. The molecule has 1 aromatic rings. The Morgan fingerprint density at radius 3 is 1.62 bits per heavy atom. The summed E-state index contributed by atoms with van der Waals surface area (Å²) in [5.74, 6) is -10.0. The third-order valence-electron chi connectivity index (χ3n) is 15.3. The van der Waals surface area contributed by atoms with Gasteiger partial charge in [0.05, 0.1) is 12.6 Å². The first-order valence-electron chi connectivity index (χ1n) is 30.2. The van der Waals surface area contributed by atoms with E-state index in [9.17, 15) is 68.1 Å². The van der Waals surface area contributed by atoms with Gasteiger partial charge in [-0.15, -0.1) is 0 Å². The molecule has 3 rings (SSSR count). The molecule has 2 fully saturated rings. The smallest absolute Gasteiger partial charge is 0.270 e. The van der Waals surface area contributed by atoms with Crippen molar-refractivity contribution in [3.63, 3.8) is 0 Å². The Kier molecular flexibility index (Phi) is 31.3. The Morgan fingerprint density at radius 2 is 1.07 bits per heavy atom. The summed E-state index contributed by atoms with van der Waals surface area (Å²) in [6.07, 6.45) is 2.09. The largest absolute Gasteiger partial charge is 0.396 e. The number of aliphatic hydroxyl groups excluding tert-OH is 3. The maximum atomic E-state index is 14.6. The summed E-state index contributed by atoms with van der Waals surface area (Å²) in [5, 5.41) is 57.9. The summed E-state index contributed by atoms with van der Waals surface area (Å²) < 4.78 is 0. The first-order valence-corrected chi connectivity index (χ1v) is 30.2. The van der Waals surface area contributed by atoms with Crippen molar-refractivity contribution < 1.29 is 68.1 Å². The Balaban J connectivity index is 2.17. The van der Waals surface area contributed by atoms with Gasteiger partial charge in [0, 0.05) is 45.1 Å². The van der Waals surface area contributed by atoms with Crippen molar-refractivity contribution in [3.8, 4) is 0 Å². The van der Waals surface area contributed by atoms with Crippen LogP contribution in [-0.4, -0.2) is 172 Å². The highest BCUT2D eigenvalue weighted by Gasteiger charge is 2.42. The lowest BCUT2D eigenvalue weighted by Gasteiger charge is -2.31. The number of amides is 11. The molecule has 0 spiro atoms. The fourth-order valence-electron chi connectivity index (χ4n) is 10.1. The van der Waals surface area contributed by atoms with Crippen LogP contribution in [0.25, 0.3) is 0 Å². The normalized spacial score (nSPS) is 27.0. The molecule has 2 heterocycles. The summed E-state index contributed by atoms with van der Waals surface area (Å²) in [6, 6.07) is -2.83. The van der Waals surface area contributed by atoms with E-state index in [1.54, 1.807) is 44.2 Å². The average Bonchev–Trinajstić information content (AvgIpc) is 3.93. The number of hydrogen-bond acceptors (Lipinski definition) is 14. The van der Waals surface area contributed by atoms with E-state index in [1.165, 1.54) is 13.0 Å². The molecular weight excluding hydrogens is 1100 g/mol. The fourth-order valence-corrected chi connectivity index (χ4v) is 10.1. The third-order valence-corrected chi connectivity index (χ3v) is 15.3. The van der Waals surface area contributed by atoms with Gasteiger partial charge in [0.2, 0.25) is 59.1 Å². The topological polar surface area (TPSA) is 372 Å². The summed E-state index contributed by atoms with van der Waals surface area (Å²) >= 11 is 0. The number of nitrogens with zero attached hydrogens (tertiary/aromatic N) is 1. The van der Waals surface area contributed by atoms with Gasteiger partial charge in [0.25, 0.3) is 5.91 Å². The van der Waals surface area contributed by atoms with E-state index < -0.39 is 157 Å². The van der Waals surface area contributed by atoms with Crippen LogP contribution in [0.5, 0.6) is 0 Å². The van der Waals surface area contributed by atoms with Crippen LogP contribution in [0.3, 0.4) is 0 Å². The van der Waals surface area contributed by atoms with Gasteiger partial charge in [-0.1, -0.05) is 131 Å². The predicted octanol–water partition coefficient (Wildman–Crippen LogP) is 0.139. The van der Waals surface area contributed by atoms with Crippen LogP contribution in [0.1, 0.15) is 152 Å². The van der Waals surface area contributed by atoms with E-state index in [1.807, 2.05) is 48.5 Å². The summed E-state index contributed by atoms with van der Waals surface area (Å²) in [4.78, 5) is 157. The Labute approximate surface area is 500 Å². The molecule has 2 aliphatic heterocycles. The van der Waals surface area contributed by atoms with Crippen molar-refractivity contribution in [1.82, 2.24) is 58.1 Å². The number of carbonyl (C=O) groups excluding carboxylic acids is 11. The summed E-state index contributed by atoms with van der Waals surface area (Å²) in [6.45, 7) is 15.7. The molecule has 25 heteroatoms. The molecule has 2 saturated heterocycles. The second-order valence-corrected chi connectivity index (χ2v) is 23.3. The molecule has 13 N–H and O–H groups in total. The number of nitrogens with one attached hydrogen (secondary N) is 10. The SMILES string of the molecule is C/C=C1\NC(=O)[C@H](CCO)NC(=O)CC(CCCCC)NC(=O)CNC(=O)[C@H](CC(C)C)NC(=O)[C@@H](C(C)CC)NC(=O)[C@H](C(C)CC)NC(=O)[C@@H](CC(C)C)NC(=O)[C@@H](Cc2ccccc2)NC(=O)[C@H](CCO)NC(=O)[C@@H]2C[C@@H](O)CN2C1=O. The predicted molar refractivity (Wildman–Crippen MR) is 317 cm³/mol. The maximum Gasteiger partial charge on any atom is 0.270 e. The minimum absolute atomic E-state index is 0.0703. The molecule has 2 aliphatic rings. The zero-order valence-corrected chi connectivity index (χ0v) is 51.3. The van der Waals surface area contributed by atoms with E-state index in [-0.39, 0.29) is 69.0 Å². The molecule has 11 amide bonds. The molecule has 85 heavy (non-hydrogen) atoms. The van der Waals surface area contributed by atoms with Gasteiger partial charge in [-0.2, -0.15) is 0 Å². The first kappa shape index (κ1) is 72.3. The van der Waals surface area contributed by atoms with Crippen molar-refractivity contribution in [2.75, 3.05) is 26.3 Å². The van der Waals surface area contributed by atoms with Gasteiger partial charge < -0.3 is 73.4 Å². The number of carbonyl (C=O) groups is 11. The molecule has 476 valence electrons. The molecule has 0 saturated carbocycles. The summed E-state index contributed by atoms with van der Waals surface area (Å²) in [5.41, 5.74) is 0.241. The zero-order valence-electron chi connectivity index (χ0n) is 51.3. The van der Waals surface area contributed by atoms with Gasteiger partial charge in [-0.05, 0) is 68.3 Å². The minimum Gasteiger partial charge on any atom is -0.396 e. The second kappa shape index (κ2) is 36.8. The standard InChI is InChI=1S/C60H97N11O14/c1-11-15-17-22-39-30-48(75)63-42(23-25-72)53(78)64-41(14-4)60(85)71-33-40(74)31-47(71)57(82)65-43(24-26-73)54(79)67-46(29-38-20-18-16-19-21-38)55(80)66-45(28-35(7)8)56(81)69-51(37(10)13-3)59(84)70-50(36(9)12-2)58(83)68-44(27-34(5)6)52(77)61-32-49(76)62-39/h14,16,18-21,34-37,39-40,42-47,50-51,72-74H,11-13,15,17,22-33H2,1-10H3,(H,61,77)(H,62,76)(H,63,75)(H,64,78)(H,65,82)(H,66,80)(H,67,79)(H,68,83)(H,69,81)(H,70,84)/b41-14-/t36?,37?,39?,40-,42+,43+,44+,45-,46-,47+,50-,51+/m1/s1. The Bertz CT molecular complexity index is 2440. The number of unbranched alkanes of at least 4 members (excludes halogenated alkanes) is 2. The molecule has 1 aromatic carbocycles. The van der Waals surface area contributed by atoms with Gasteiger partial charge in [-0.25, -0.2) is 0 Å². The lowest BCUT2D eigenvalue weighted by Crippen LogP contribution is -2.62. The van der Waals surface area contributed by atoms with Gasteiger partial charge in [-0.3, -0.25) is 52.7 Å². The Morgan fingerprint density at radius 1 is 0.565 bits per heavy atom. The number of hydrogen-bond donors (Lipinski definition) is 13. The lowest BCUT2D eigenvalue weighted by atomic mass is 9.93. The molecule has 0 aliphatic carbocycles. The molecule has 12 atom stereocenters. The third kappa shape index (κ3) is 23.8. The van der Waals surface area contributed by atoms with Crippen LogP contribution in [0.2, 0.25) is 0 Å². The first-order chi connectivity index (χ1) is 40.3. The van der Waals surface area contributed by atoms with E-state index >= 15 is 0 Å². The van der Waals surface area contributed by atoms with Crippen LogP contribution in [-0.2, 0) is 59.2 Å². The molecule has 3 unspecified atom stereocenters. The zero-order chi connectivity index (χ0) is 63.5. The van der Waals surface area contributed by atoms with Crippen molar-refractivity contribution in [2.24, 2.45) is 23.7 Å². The Hall–Kier alpha value is -6.99. The van der Waals surface area contributed by atoms with Crippen LogP contribution >= 0.6 is 0 Å². The van der Waals surface area contributed by atoms with Crippen molar-refractivity contribution in [2.45, 2.75) is 213 Å². The van der Waals surface area contributed by atoms with Crippen molar-refractivity contribution in [3.05, 3.63) is 47.7 Å². The number of benzene rings is 1. The molecule has 0 radical (unpaired) electrons. The minimum atomic E-state index is -1.52. The lowest BCUT2D eigenvalue weighted by molar-refractivity contribution is -0.139. The quantitative estimate of drug-likeness (QED) is 0.0687. The van der Waals surface area contributed by atoms with Crippen LogP contribution in [0, 0.1) is 23.7 Å². The second-order valence-electron chi connectivity index (χ2n) is 23.3. The monoisotopic (exact) mass is 1200 g/mol. The van der Waals surface area contributed by atoms with Crippen LogP contribution in [0.15, 0.2) is 42.1 Å². The van der Waals surface area contributed by atoms with E-state index in [4.69, 9.17) is 0 Å². The van der Waals surface area contributed by atoms with E-state index in [0.717, 1.165) is 17.7 Å². The number of aliphatic hydroxyl groups is 3. The highest BCUT2D eigenvalue weighted by molar-refractivity contribution is 6.02. The maximum absolute atomic E-state index is 14.6. The molecule has 25 nitrogen and oxygen atoms in total. The fraction of sp³-hybridized carbons (Fsp3) is 0.683. The highest BCUT2D eigenvalue weighted by Crippen LogP contribution is 2.22. The highest BCUT2D eigenvalue weighted by atomic mass is 16.3. The van der Waals surface area contributed by atoms with Crippen LogP contribution < -0.4 is 53.2 Å². The summed E-state index contributed by atoms with van der Waals surface area (Å²) in [7, 11) is 0. The van der Waals surface area contributed by atoms with Gasteiger partial charge in [0.1, 0.15) is 54.0 Å². The van der Waals surface area contributed by atoms with E-state index in [2.05, 4.69) is 53.2 Å². The number of rotatable bonds is 18. The number of fused-ring (bicyclic) bond motifs is 1. The van der Waals surface area contributed by atoms with E-state index in [0.29, 0.717) is 31.2 Å². The van der Waals surface area contributed by atoms with Crippen molar-refractivity contribution in [1.29, 1.82) is 0 Å². The number of allylic oxidation sites excluding steroid dienone is 1. The van der Waals surface area contributed by atoms with Crippen molar-refractivity contribution >= 4 is 65.0 Å². The van der Waals surface area contributed by atoms with Gasteiger partial charge in [0.15, 0.2) is 0 Å². The van der Waals surface area contributed by atoms with Gasteiger partial charge >= 0.3 is 0 Å².